The summed E-state index contributed by atoms with van der Waals surface area (Å²) in [6.07, 6.45) is 11.2. The summed E-state index contributed by atoms with van der Waals surface area (Å²) in [5.74, 6) is 1.79. The molecule has 2 nitrogen and oxygen atoms in total. The van der Waals surface area contributed by atoms with Gasteiger partial charge in [-0.25, -0.2) is 0 Å². The molecular weight excluding hydrogens is 212 g/mol. The largest absolute Gasteiger partial charge is 0.466 e. The molecule has 0 saturated heterocycles. The molecule has 0 aromatic heterocycles. The summed E-state index contributed by atoms with van der Waals surface area (Å²) in [6.45, 7) is 4.45. The molecule has 17 heavy (non-hydrogen) atoms. The third-order valence-electron chi connectivity index (χ3n) is 4.58. The van der Waals surface area contributed by atoms with Crippen LogP contribution in [0.4, 0.5) is 0 Å². The molecule has 2 heteroatoms. The van der Waals surface area contributed by atoms with Crippen molar-refractivity contribution in [2.24, 2.45) is 17.3 Å². The number of esters is 1. The fraction of sp³-hybridized carbons (Fsp3) is 0.800. The number of hydrogen-bond acceptors (Lipinski definition) is 2. The van der Waals surface area contributed by atoms with Crippen molar-refractivity contribution in [2.45, 2.75) is 52.4 Å². The molecule has 2 aliphatic carbocycles. The lowest BCUT2D eigenvalue weighted by atomic mass is 9.77. The zero-order valence-corrected chi connectivity index (χ0v) is 11.1. The van der Waals surface area contributed by atoms with Crippen molar-refractivity contribution in [3.8, 4) is 0 Å². The maximum Gasteiger partial charge on any atom is 0.306 e. The summed E-state index contributed by atoms with van der Waals surface area (Å²) in [4.78, 5) is 11.8. The van der Waals surface area contributed by atoms with E-state index in [0.29, 0.717) is 13.0 Å². The first-order valence-electron chi connectivity index (χ1n) is 6.96. The number of hydrogen-bond donors (Lipinski definition) is 0. The fourth-order valence-electron chi connectivity index (χ4n) is 3.64. The van der Waals surface area contributed by atoms with Crippen molar-refractivity contribution in [3.63, 3.8) is 0 Å². The zero-order valence-electron chi connectivity index (χ0n) is 11.1. The topological polar surface area (TPSA) is 26.3 Å². The summed E-state index contributed by atoms with van der Waals surface area (Å²) in [5, 5.41) is 0. The van der Waals surface area contributed by atoms with E-state index in [4.69, 9.17) is 4.74 Å². The maximum absolute atomic E-state index is 11.8. The lowest BCUT2D eigenvalue weighted by Gasteiger charge is -2.29. The number of ether oxygens (including phenoxy) is 1. The van der Waals surface area contributed by atoms with Gasteiger partial charge in [0.05, 0.1) is 13.0 Å². The highest BCUT2D eigenvalue weighted by molar-refractivity contribution is 5.70. The second kappa shape index (κ2) is 5.24. The molecular formula is C15H24O2. The Hall–Kier alpha value is -0.790. The summed E-state index contributed by atoms with van der Waals surface area (Å²) < 4.78 is 5.14. The Bertz CT molecular complexity index is 294. The number of carbonyl (C=O) groups excluding carboxylic acids is 1. The van der Waals surface area contributed by atoms with Gasteiger partial charge in [-0.3, -0.25) is 4.79 Å². The van der Waals surface area contributed by atoms with E-state index < -0.39 is 0 Å². The van der Waals surface area contributed by atoms with Crippen LogP contribution in [0.1, 0.15) is 52.4 Å². The minimum absolute atomic E-state index is 0.00157. The van der Waals surface area contributed by atoms with Gasteiger partial charge in [-0.15, -0.1) is 0 Å². The van der Waals surface area contributed by atoms with E-state index in [9.17, 15) is 4.79 Å². The molecule has 0 radical (unpaired) electrons. The van der Waals surface area contributed by atoms with Gasteiger partial charge in [-0.05, 0) is 63.2 Å². The van der Waals surface area contributed by atoms with Crippen LogP contribution < -0.4 is 0 Å². The average molecular weight is 236 g/mol. The van der Waals surface area contributed by atoms with Crippen molar-refractivity contribution in [1.82, 2.24) is 0 Å². The van der Waals surface area contributed by atoms with Crippen LogP contribution in [0.15, 0.2) is 12.2 Å². The minimum atomic E-state index is -0.00157. The van der Waals surface area contributed by atoms with E-state index in [2.05, 4.69) is 19.1 Å². The van der Waals surface area contributed by atoms with E-state index >= 15 is 0 Å². The average Bonchev–Trinajstić information content (AvgIpc) is 2.52. The molecule has 0 aliphatic heterocycles. The molecule has 0 amide bonds. The van der Waals surface area contributed by atoms with Crippen LogP contribution in [-0.2, 0) is 9.53 Å². The molecule has 2 aliphatic rings. The summed E-state index contributed by atoms with van der Waals surface area (Å²) in [5.41, 5.74) is 0.213. The van der Waals surface area contributed by atoms with E-state index in [-0.39, 0.29) is 11.4 Å². The molecule has 2 fully saturated rings. The van der Waals surface area contributed by atoms with Gasteiger partial charge in [0, 0.05) is 0 Å². The van der Waals surface area contributed by atoms with Crippen LogP contribution in [-0.4, -0.2) is 12.6 Å². The normalized spacial score (nSPS) is 35.6. The second-order valence-electron chi connectivity index (χ2n) is 5.76. The van der Waals surface area contributed by atoms with Crippen LogP contribution in [0.2, 0.25) is 0 Å². The summed E-state index contributed by atoms with van der Waals surface area (Å²) >= 11 is 0. The Labute approximate surface area is 104 Å². The molecule has 96 valence electrons. The van der Waals surface area contributed by atoms with Gasteiger partial charge in [0.1, 0.15) is 0 Å². The predicted molar refractivity (Wildman–Crippen MR) is 68.6 cm³/mol. The number of fused-ring (bicyclic) bond motifs is 1. The minimum Gasteiger partial charge on any atom is -0.466 e. The molecule has 0 aromatic carbocycles. The van der Waals surface area contributed by atoms with Gasteiger partial charge in [0.15, 0.2) is 0 Å². The molecule has 2 saturated carbocycles. The standard InChI is InChI=1S/C15H24O2/c1-3-5-8-15(11-14(16)17-4-2)9-12-6-7-13(12)10-15/h3,5,12-13H,4,6-11H2,1-2H3/b5-3+/t12-,13+,15?. The van der Waals surface area contributed by atoms with Crippen LogP contribution in [0.3, 0.4) is 0 Å². The third kappa shape index (κ3) is 2.72. The molecule has 0 N–H and O–H groups in total. The molecule has 1 unspecified atom stereocenters. The second-order valence-corrected chi connectivity index (χ2v) is 5.76. The Morgan fingerprint density at radius 1 is 1.35 bits per heavy atom. The Balaban J connectivity index is 1.99. The lowest BCUT2D eigenvalue weighted by molar-refractivity contribution is -0.145. The van der Waals surface area contributed by atoms with Gasteiger partial charge in [0.2, 0.25) is 0 Å². The van der Waals surface area contributed by atoms with Gasteiger partial charge in [0.25, 0.3) is 0 Å². The lowest BCUT2D eigenvalue weighted by Crippen LogP contribution is -2.22. The maximum atomic E-state index is 11.8. The molecule has 2 rings (SSSR count). The van der Waals surface area contributed by atoms with Gasteiger partial charge in [-0.1, -0.05) is 12.2 Å². The predicted octanol–water partition coefficient (Wildman–Crippen LogP) is 3.71. The number of allylic oxidation sites excluding steroid dienone is 2. The fourth-order valence-corrected chi connectivity index (χ4v) is 3.64. The third-order valence-corrected chi connectivity index (χ3v) is 4.58. The highest BCUT2D eigenvalue weighted by Gasteiger charge is 2.49. The van der Waals surface area contributed by atoms with Crippen molar-refractivity contribution in [2.75, 3.05) is 6.61 Å². The zero-order chi connectivity index (χ0) is 12.3. The first kappa shape index (κ1) is 12.7. The van der Waals surface area contributed by atoms with Gasteiger partial charge in [-0.2, -0.15) is 0 Å². The van der Waals surface area contributed by atoms with Gasteiger partial charge >= 0.3 is 5.97 Å². The van der Waals surface area contributed by atoms with E-state index in [0.717, 1.165) is 18.3 Å². The first-order valence-corrected chi connectivity index (χ1v) is 6.96. The van der Waals surface area contributed by atoms with E-state index in [1.807, 2.05) is 6.92 Å². The molecule has 3 atom stereocenters. The van der Waals surface area contributed by atoms with Gasteiger partial charge < -0.3 is 4.74 Å². The molecule has 0 spiro atoms. The molecule has 0 aromatic rings. The Morgan fingerprint density at radius 3 is 2.47 bits per heavy atom. The van der Waals surface area contributed by atoms with Crippen molar-refractivity contribution in [3.05, 3.63) is 12.2 Å². The highest BCUT2D eigenvalue weighted by Crippen LogP contribution is 2.58. The number of rotatable bonds is 5. The van der Waals surface area contributed by atoms with Crippen molar-refractivity contribution < 1.29 is 9.53 Å². The van der Waals surface area contributed by atoms with Crippen LogP contribution in [0.25, 0.3) is 0 Å². The summed E-state index contributed by atoms with van der Waals surface area (Å²) in [6, 6.07) is 0. The monoisotopic (exact) mass is 236 g/mol. The van der Waals surface area contributed by atoms with Crippen molar-refractivity contribution >= 4 is 5.97 Å². The van der Waals surface area contributed by atoms with Crippen LogP contribution in [0.5, 0.6) is 0 Å². The van der Waals surface area contributed by atoms with E-state index in [1.165, 1.54) is 25.7 Å². The van der Waals surface area contributed by atoms with Crippen LogP contribution >= 0.6 is 0 Å². The van der Waals surface area contributed by atoms with Crippen LogP contribution in [0, 0.1) is 17.3 Å². The smallest absolute Gasteiger partial charge is 0.306 e. The van der Waals surface area contributed by atoms with Crippen molar-refractivity contribution in [1.29, 1.82) is 0 Å². The number of carbonyl (C=O) groups is 1. The SMILES string of the molecule is C/C=C/CC1(CC(=O)OCC)C[C@H]2CC[C@H]2C1. The summed E-state index contributed by atoms with van der Waals surface area (Å²) in [7, 11) is 0. The quantitative estimate of drug-likeness (QED) is 0.537. The van der Waals surface area contributed by atoms with E-state index in [1.54, 1.807) is 0 Å². The first-order chi connectivity index (χ1) is 8.19. The highest BCUT2D eigenvalue weighted by atomic mass is 16.5. The molecule has 0 bridgehead atoms. The molecule has 0 heterocycles. The Morgan fingerprint density at radius 2 is 2.00 bits per heavy atom. The Kier molecular flexibility index (Phi) is 3.90.